The third-order valence-corrected chi connectivity index (χ3v) is 4.46. The van der Waals surface area contributed by atoms with Crippen LogP contribution in [0.2, 0.25) is 0 Å². The fourth-order valence-corrected chi connectivity index (χ4v) is 2.96. The van der Waals surface area contributed by atoms with Crippen LogP contribution in [0.15, 0.2) is 48.5 Å². The van der Waals surface area contributed by atoms with Crippen LogP contribution in [-0.2, 0) is 22.6 Å². The van der Waals surface area contributed by atoms with E-state index in [1.54, 1.807) is 6.92 Å². The number of nitrogens with one attached hydrogen (secondary N) is 1. The Bertz CT molecular complexity index is 745. The molecule has 0 unspecified atom stereocenters. The number of nitrogens with zero attached hydrogens (tertiary/aromatic N) is 1. The Morgan fingerprint density at radius 3 is 2.63 bits per heavy atom. The van der Waals surface area contributed by atoms with E-state index in [0.717, 1.165) is 38.4 Å². The number of amides is 1. The minimum atomic E-state index is -0.660. The number of hydrogen-bond donors (Lipinski definition) is 1. The molecule has 1 N–H and O–H groups in total. The summed E-state index contributed by atoms with van der Waals surface area (Å²) in [6.45, 7) is 6.44. The Balaban J connectivity index is 1.49. The van der Waals surface area contributed by atoms with E-state index in [-0.39, 0.29) is 11.7 Å². The SMILES string of the molecule is C[C@H](Oc1ccc(F)cc1)C(=O)NCc1cccc(CN2CCOCC2)c1. The molecular formula is C21H25FN2O3. The summed E-state index contributed by atoms with van der Waals surface area (Å²) in [6.07, 6.45) is -0.660. The predicted octanol–water partition coefficient (Wildman–Crippen LogP) is 2.74. The Labute approximate surface area is 159 Å². The van der Waals surface area contributed by atoms with Gasteiger partial charge in [-0.05, 0) is 42.3 Å². The van der Waals surface area contributed by atoms with E-state index >= 15 is 0 Å². The lowest BCUT2D eigenvalue weighted by molar-refractivity contribution is -0.127. The largest absolute Gasteiger partial charge is 0.481 e. The fraction of sp³-hybridized carbons (Fsp3) is 0.381. The average molecular weight is 372 g/mol. The minimum Gasteiger partial charge on any atom is -0.481 e. The number of morpholine rings is 1. The second kappa shape index (κ2) is 9.48. The molecule has 5 nitrogen and oxygen atoms in total. The van der Waals surface area contributed by atoms with Gasteiger partial charge in [-0.25, -0.2) is 4.39 Å². The molecule has 2 aromatic carbocycles. The summed E-state index contributed by atoms with van der Waals surface area (Å²) >= 11 is 0. The molecule has 6 heteroatoms. The second-order valence-electron chi connectivity index (χ2n) is 6.64. The van der Waals surface area contributed by atoms with Crippen molar-refractivity contribution in [3.8, 4) is 5.75 Å². The van der Waals surface area contributed by atoms with Crippen LogP contribution in [0.5, 0.6) is 5.75 Å². The highest BCUT2D eigenvalue weighted by molar-refractivity contribution is 5.80. The summed E-state index contributed by atoms with van der Waals surface area (Å²) in [5, 5.41) is 2.89. The molecule has 1 fully saturated rings. The first-order valence-corrected chi connectivity index (χ1v) is 9.18. The molecule has 0 bridgehead atoms. The second-order valence-corrected chi connectivity index (χ2v) is 6.64. The molecular weight excluding hydrogens is 347 g/mol. The monoisotopic (exact) mass is 372 g/mol. The van der Waals surface area contributed by atoms with Gasteiger partial charge in [0.1, 0.15) is 11.6 Å². The van der Waals surface area contributed by atoms with E-state index in [1.165, 1.54) is 29.8 Å². The zero-order valence-electron chi connectivity index (χ0n) is 15.5. The van der Waals surface area contributed by atoms with E-state index < -0.39 is 6.10 Å². The maximum Gasteiger partial charge on any atom is 0.261 e. The number of rotatable bonds is 7. The topological polar surface area (TPSA) is 50.8 Å². The first-order chi connectivity index (χ1) is 13.1. The Morgan fingerprint density at radius 1 is 1.19 bits per heavy atom. The van der Waals surface area contributed by atoms with Crippen LogP contribution < -0.4 is 10.1 Å². The molecule has 1 heterocycles. The third kappa shape index (κ3) is 6.05. The molecule has 3 rings (SSSR count). The summed E-state index contributed by atoms with van der Waals surface area (Å²) in [7, 11) is 0. The predicted molar refractivity (Wildman–Crippen MR) is 101 cm³/mol. The summed E-state index contributed by atoms with van der Waals surface area (Å²) in [4.78, 5) is 14.6. The Morgan fingerprint density at radius 2 is 1.89 bits per heavy atom. The molecule has 1 atom stereocenters. The van der Waals surface area contributed by atoms with Crippen molar-refractivity contribution < 1.29 is 18.7 Å². The van der Waals surface area contributed by atoms with Crippen molar-refractivity contribution in [3.05, 3.63) is 65.5 Å². The molecule has 1 aliphatic heterocycles. The van der Waals surface area contributed by atoms with Gasteiger partial charge in [-0.1, -0.05) is 24.3 Å². The molecule has 1 aliphatic rings. The number of hydrogen-bond acceptors (Lipinski definition) is 4. The van der Waals surface area contributed by atoms with Gasteiger partial charge >= 0.3 is 0 Å². The standard InChI is InChI=1S/C21H25FN2O3/c1-16(27-20-7-5-19(22)6-8-20)21(25)23-14-17-3-2-4-18(13-17)15-24-9-11-26-12-10-24/h2-8,13,16H,9-12,14-15H2,1H3,(H,23,25)/t16-/m0/s1. The van der Waals surface area contributed by atoms with E-state index in [0.29, 0.717) is 12.3 Å². The molecule has 0 aliphatic carbocycles. The molecule has 0 saturated carbocycles. The van der Waals surface area contributed by atoms with Crippen LogP contribution in [0.3, 0.4) is 0 Å². The number of benzene rings is 2. The van der Waals surface area contributed by atoms with E-state index in [2.05, 4.69) is 22.3 Å². The number of carbonyl (C=O) groups is 1. The molecule has 2 aromatic rings. The Hall–Kier alpha value is -2.44. The van der Waals surface area contributed by atoms with Gasteiger partial charge in [0, 0.05) is 26.2 Å². The smallest absolute Gasteiger partial charge is 0.261 e. The maximum atomic E-state index is 12.9. The van der Waals surface area contributed by atoms with E-state index in [4.69, 9.17) is 9.47 Å². The highest BCUT2D eigenvalue weighted by atomic mass is 19.1. The van der Waals surface area contributed by atoms with Gasteiger partial charge in [0.2, 0.25) is 0 Å². The third-order valence-electron chi connectivity index (χ3n) is 4.46. The molecule has 0 radical (unpaired) electrons. The van der Waals surface area contributed by atoms with Crippen LogP contribution in [0.4, 0.5) is 4.39 Å². The lowest BCUT2D eigenvalue weighted by atomic mass is 10.1. The summed E-state index contributed by atoms with van der Waals surface area (Å²) < 4.78 is 23.9. The van der Waals surface area contributed by atoms with E-state index in [1.807, 2.05) is 12.1 Å². The van der Waals surface area contributed by atoms with Crippen molar-refractivity contribution >= 4 is 5.91 Å². The summed E-state index contributed by atoms with van der Waals surface area (Å²) in [5.74, 6) is -0.0825. The number of ether oxygens (including phenoxy) is 2. The molecule has 0 spiro atoms. The lowest BCUT2D eigenvalue weighted by Gasteiger charge is -2.26. The van der Waals surface area contributed by atoms with Gasteiger partial charge < -0.3 is 14.8 Å². The molecule has 1 amide bonds. The van der Waals surface area contributed by atoms with Gasteiger partial charge in [0.05, 0.1) is 13.2 Å². The molecule has 27 heavy (non-hydrogen) atoms. The normalized spacial score (nSPS) is 15.9. The summed E-state index contributed by atoms with van der Waals surface area (Å²) in [6, 6.07) is 13.8. The van der Waals surface area contributed by atoms with Gasteiger partial charge in [0.15, 0.2) is 6.10 Å². The zero-order valence-corrected chi connectivity index (χ0v) is 15.5. The van der Waals surface area contributed by atoms with Crippen LogP contribution in [0, 0.1) is 5.82 Å². The van der Waals surface area contributed by atoms with Crippen molar-refractivity contribution in [1.29, 1.82) is 0 Å². The van der Waals surface area contributed by atoms with Crippen LogP contribution in [0.25, 0.3) is 0 Å². The fourth-order valence-electron chi connectivity index (χ4n) is 2.96. The van der Waals surface area contributed by atoms with Gasteiger partial charge in [-0.2, -0.15) is 0 Å². The number of halogens is 1. The molecule has 144 valence electrons. The Kier molecular flexibility index (Phi) is 6.79. The first kappa shape index (κ1) is 19.3. The van der Waals surface area contributed by atoms with Gasteiger partial charge in [-0.15, -0.1) is 0 Å². The van der Waals surface area contributed by atoms with Crippen LogP contribution in [0.1, 0.15) is 18.1 Å². The molecule has 0 aromatic heterocycles. The highest BCUT2D eigenvalue weighted by Gasteiger charge is 2.15. The summed E-state index contributed by atoms with van der Waals surface area (Å²) in [5.41, 5.74) is 2.27. The first-order valence-electron chi connectivity index (χ1n) is 9.18. The van der Waals surface area contributed by atoms with Crippen molar-refractivity contribution in [3.63, 3.8) is 0 Å². The van der Waals surface area contributed by atoms with Gasteiger partial charge in [0.25, 0.3) is 5.91 Å². The molecule has 1 saturated heterocycles. The number of carbonyl (C=O) groups excluding carboxylic acids is 1. The maximum absolute atomic E-state index is 12.9. The highest BCUT2D eigenvalue weighted by Crippen LogP contribution is 2.13. The van der Waals surface area contributed by atoms with Crippen molar-refractivity contribution in [2.24, 2.45) is 0 Å². The lowest BCUT2D eigenvalue weighted by Crippen LogP contribution is -2.36. The zero-order chi connectivity index (χ0) is 19.1. The van der Waals surface area contributed by atoms with Crippen molar-refractivity contribution in [2.75, 3.05) is 26.3 Å². The average Bonchev–Trinajstić information content (AvgIpc) is 2.69. The van der Waals surface area contributed by atoms with E-state index in [9.17, 15) is 9.18 Å². The van der Waals surface area contributed by atoms with Crippen molar-refractivity contribution in [2.45, 2.75) is 26.1 Å². The quantitative estimate of drug-likeness (QED) is 0.812. The van der Waals surface area contributed by atoms with Crippen LogP contribution in [-0.4, -0.2) is 43.2 Å². The van der Waals surface area contributed by atoms with Crippen LogP contribution >= 0.6 is 0 Å². The minimum absolute atomic E-state index is 0.210. The van der Waals surface area contributed by atoms with Crippen molar-refractivity contribution in [1.82, 2.24) is 10.2 Å². The van der Waals surface area contributed by atoms with Gasteiger partial charge in [-0.3, -0.25) is 9.69 Å².